The van der Waals surface area contributed by atoms with E-state index >= 15 is 0 Å². The summed E-state index contributed by atoms with van der Waals surface area (Å²) < 4.78 is 6.35. The molecule has 0 aliphatic rings. The molecule has 0 aliphatic heterocycles. The first-order valence-electron chi connectivity index (χ1n) is 8.75. The van der Waals surface area contributed by atoms with E-state index in [1.807, 2.05) is 60.7 Å². The number of ketones is 1. The van der Waals surface area contributed by atoms with E-state index in [0.717, 1.165) is 5.56 Å². The highest BCUT2D eigenvalue weighted by Gasteiger charge is 2.42. The molecule has 2 rings (SSSR count). The van der Waals surface area contributed by atoms with E-state index in [0.29, 0.717) is 30.4 Å². The number of Topliss-reactive ketones (excluding diaryl/α,β-unsaturated/α-hetero) is 1. The van der Waals surface area contributed by atoms with Crippen molar-refractivity contribution in [2.75, 3.05) is 6.61 Å². The van der Waals surface area contributed by atoms with Gasteiger partial charge in [-0.15, -0.1) is 0 Å². The summed E-state index contributed by atoms with van der Waals surface area (Å²) in [4.78, 5) is 13.5. The topological polar surface area (TPSA) is 26.3 Å². The van der Waals surface area contributed by atoms with Gasteiger partial charge in [0, 0.05) is 5.56 Å². The number of benzene rings is 2. The lowest BCUT2D eigenvalue weighted by Crippen LogP contribution is -2.41. The molecule has 2 nitrogen and oxygen atoms in total. The monoisotopic (exact) mass is 324 g/mol. The molecular formula is C22H28O2. The van der Waals surface area contributed by atoms with Gasteiger partial charge in [-0.25, -0.2) is 0 Å². The van der Waals surface area contributed by atoms with Crippen LogP contribution in [0.5, 0.6) is 0 Å². The Bertz CT molecular complexity index is 632. The van der Waals surface area contributed by atoms with Crippen LogP contribution in [0.1, 0.15) is 50.0 Å². The molecule has 2 aromatic rings. The quantitative estimate of drug-likeness (QED) is 0.601. The summed E-state index contributed by atoms with van der Waals surface area (Å²) in [6.45, 7) is 9.04. The smallest absolute Gasteiger partial charge is 0.199 e. The lowest BCUT2D eigenvalue weighted by atomic mass is 9.79. The number of hydrogen-bond acceptors (Lipinski definition) is 2. The van der Waals surface area contributed by atoms with Crippen LogP contribution in [-0.2, 0) is 10.3 Å². The van der Waals surface area contributed by atoms with Gasteiger partial charge in [-0.1, -0.05) is 88.4 Å². The van der Waals surface area contributed by atoms with Gasteiger partial charge in [0.1, 0.15) is 0 Å². The van der Waals surface area contributed by atoms with Gasteiger partial charge in [-0.05, 0) is 23.8 Å². The molecule has 0 heterocycles. The molecule has 0 spiro atoms. The van der Waals surface area contributed by atoms with Crippen molar-refractivity contribution >= 4 is 5.78 Å². The summed E-state index contributed by atoms with van der Waals surface area (Å²) in [5, 5.41) is 0. The molecule has 0 N–H and O–H groups in total. The van der Waals surface area contributed by atoms with E-state index in [2.05, 4.69) is 27.7 Å². The van der Waals surface area contributed by atoms with Crippen LogP contribution in [0.2, 0.25) is 0 Å². The summed E-state index contributed by atoms with van der Waals surface area (Å²) in [5.74, 6) is 0.748. The fraction of sp³-hybridized carbons (Fsp3) is 0.409. The molecule has 24 heavy (non-hydrogen) atoms. The van der Waals surface area contributed by atoms with E-state index in [4.69, 9.17) is 4.74 Å². The minimum Gasteiger partial charge on any atom is -0.362 e. The van der Waals surface area contributed by atoms with Crippen molar-refractivity contribution in [1.82, 2.24) is 0 Å². The minimum absolute atomic E-state index is 0.0450. The summed E-state index contributed by atoms with van der Waals surface area (Å²) in [5.41, 5.74) is 0.708. The van der Waals surface area contributed by atoms with Crippen LogP contribution >= 0.6 is 0 Å². The highest BCUT2D eigenvalue weighted by atomic mass is 16.5. The number of carbonyl (C=O) groups excluding carboxylic acids is 1. The average Bonchev–Trinajstić information content (AvgIpc) is 2.59. The Balaban J connectivity index is 2.53. The third-order valence-electron chi connectivity index (χ3n) is 4.00. The van der Waals surface area contributed by atoms with Crippen molar-refractivity contribution in [2.45, 2.75) is 39.7 Å². The van der Waals surface area contributed by atoms with Gasteiger partial charge in [0.2, 0.25) is 0 Å². The Morgan fingerprint density at radius 1 is 0.875 bits per heavy atom. The number of carbonyl (C=O) groups is 1. The molecule has 0 aromatic heterocycles. The minimum atomic E-state index is -0.930. The lowest BCUT2D eigenvalue weighted by Gasteiger charge is -2.35. The zero-order chi connectivity index (χ0) is 17.6. The second kappa shape index (κ2) is 8.25. The van der Waals surface area contributed by atoms with Crippen LogP contribution in [0, 0.1) is 11.8 Å². The first-order valence-corrected chi connectivity index (χ1v) is 8.75. The van der Waals surface area contributed by atoms with Crippen LogP contribution in [-0.4, -0.2) is 12.4 Å². The fourth-order valence-electron chi connectivity index (χ4n) is 2.96. The normalized spacial score (nSPS) is 13.9. The third-order valence-corrected chi connectivity index (χ3v) is 4.00. The maximum Gasteiger partial charge on any atom is 0.199 e. The molecule has 0 bridgehead atoms. The third kappa shape index (κ3) is 4.33. The Morgan fingerprint density at radius 2 is 1.42 bits per heavy atom. The summed E-state index contributed by atoms with van der Waals surface area (Å²) in [7, 11) is 0. The second-order valence-electron chi connectivity index (χ2n) is 7.19. The fourth-order valence-corrected chi connectivity index (χ4v) is 2.96. The molecule has 128 valence electrons. The van der Waals surface area contributed by atoms with Crippen LogP contribution in [0.3, 0.4) is 0 Å². The maximum atomic E-state index is 13.5. The predicted octanol–water partition coefficient (Wildman–Crippen LogP) is 5.48. The van der Waals surface area contributed by atoms with E-state index in [-0.39, 0.29) is 5.78 Å². The van der Waals surface area contributed by atoms with Crippen molar-refractivity contribution in [3.63, 3.8) is 0 Å². The molecule has 1 atom stereocenters. The number of ether oxygens (including phenoxy) is 1. The molecule has 0 radical (unpaired) electrons. The van der Waals surface area contributed by atoms with Gasteiger partial charge >= 0.3 is 0 Å². The molecule has 0 fully saturated rings. The zero-order valence-electron chi connectivity index (χ0n) is 15.2. The van der Waals surface area contributed by atoms with E-state index in [1.54, 1.807) is 0 Å². The van der Waals surface area contributed by atoms with Crippen molar-refractivity contribution in [3.8, 4) is 0 Å². The predicted molar refractivity (Wildman–Crippen MR) is 99.1 cm³/mol. The standard InChI is InChI=1S/C22H28O2/c1-17(2)15-22(24-16-18(3)4,20-13-9-6-10-14-20)21(23)19-11-7-5-8-12-19/h5-14,17-18H,15-16H2,1-4H3. The first-order chi connectivity index (χ1) is 11.5. The molecule has 0 saturated carbocycles. The van der Waals surface area contributed by atoms with E-state index < -0.39 is 5.60 Å². The Kier molecular flexibility index (Phi) is 6.33. The van der Waals surface area contributed by atoms with E-state index in [9.17, 15) is 4.79 Å². The zero-order valence-corrected chi connectivity index (χ0v) is 15.2. The first kappa shape index (κ1) is 18.4. The highest BCUT2D eigenvalue weighted by Crippen LogP contribution is 2.37. The SMILES string of the molecule is CC(C)COC(CC(C)C)(C(=O)c1ccccc1)c1ccccc1. The van der Waals surface area contributed by atoms with Gasteiger partial charge in [0.25, 0.3) is 0 Å². The van der Waals surface area contributed by atoms with Crippen LogP contribution < -0.4 is 0 Å². The molecule has 2 aromatic carbocycles. The van der Waals surface area contributed by atoms with E-state index in [1.165, 1.54) is 0 Å². The molecule has 0 saturated heterocycles. The number of rotatable bonds is 8. The van der Waals surface area contributed by atoms with Gasteiger partial charge in [0.05, 0.1) is 6.61 Å². The second-order valence-corrected chi connectivity index (χ2v) is 7.19. The van der Waals surface area contributed by atoms with Crippen LogP contribution in [0.15, 0.2) is 60.7 Å². The molecule has 1 unspecified atom stereocenters. The average molecular weight is 324 g/mol. The van der Waals surface area contributed by atoms with Gasteiger partial charge in [-0.2, -0.15) is 0 Å². The van der Waals surface area contributed by atoms with Crippen LogP contribution in [0.4, 0.5) is 0 Å². The Morgan fingerprint density at radius 3 is 1.92 bits per heavy atom. The molecular weight excluding hydrogens is 296 g/mol. The lowest BCUT2D eigenvalue weighted by molar-refractivity contribution is -0.0511. The van der Waals surface area contributed by atoms with Crippen molar-refractivity contribution in [1.29, 1.82) is 0 Å². The summed E-state index contributed by atoms with van der Waals surface area (Å²) >= 11 is 0. The Hall–Kier alpha value is -1.93. The van der Waals surface area contributed by atoms with Gasteiger partial charge in [-0.3, -0.25) is 4.79 Å². The maximum absolute atomic E-state index is 13.5. The summed E-state index contributed by atoms with van der Waals surface area (Å²) in [6, 6.07) is 19.4. The van der Waals surface area contributed by atoms with Crippen LogP contribution in [0.25, 0.3) is 0 Å². The van der Waals surface area contributed by atoms with Crippen molar-refractivity contribution < 1.29 is 9.53 Å². The highest BCUT2D eigenvalue weighted by molar-refractivity contribution is 6.03. The Labute approximate surface area is 145 Å². The largest absolute Gasteiger partial charge is 0.362 e. The number of hydrogen-bond donors (Lipinski definition) is 0. The van der Waals surface area contributed by atoms with Gasteiger partial charge < -0.3 is 4.74 Å². The van der Waals surface area contributed by atoms with Crippen molar-refractivity contribution in [2.24, 2.45) is 11.8 Å². The molecule has 0 aliphatic carbocycles. The molecule has 2 heteroatoms. The van der Waals surface area contributed by atoms with Gasteiger partial charge in [0.15, 0.2) is 11.4 Å². The summed E-state index contributed by atoms with van der Waals surface area (Å²) in [6.07, 6.45) is 0.664. The van der Waals surface area contributed by atoms with Crippen molar-refractivity contribution in [3.05, 3.63) is 71.8 Å². The molecule has 0 amide bonds.